The van der Waals surface area contributed by atoms with E-state index >= 15 is 0 Å². The maximum atomic E-state index is 5.21. The van der Waals surface area contributed by atoms with Crippen LogP contribution in [0.3, 0.4) is 0 Å². The van der Waals surface area contributed by atoms with E-state index in [9.17, 15) is 0 Å². The van der Waals surface area contributed by atoms with Crippen molar-refractivity contribution in [2.24, 2.45) is 11.1 Å². The van der Waals surface area contributed by atoms with Gasteiger partial charge in [0.05, 0.1) is 18.4 Å². The maximum absolute atomic E-state index is 5.21. The zero-order chi connectivity index (χ0) is 11.0. The van der Waals surface area contributed by atoms with Crippen molar-refractivity contribution in [3.63, 3.8) is 0 Å². The van der Waals surface area contributed by atoms with Crippen LogP contribution in [0.25, 0.3) is 0 Å². The molecular formula is C10H22N2O2. The van der Waals surface area contributed by atoms with Crippen molar-refractivity contribution >= 4 is 5.71 Å². The van der Waals surface area contributed by atoms with Crippen LogP contribution >= 0.6 is 0 Å². The zero-order valence-electron chi connectivity index (χ0n) is 9.83. The summed E-state index contributed by atoms with van der Waals surface area (Å²) in [6.07, 6.45) is 0. The Balaban J connectivity index is 3.74. The number of ether oxygens (including phenoxy) is 1. The molecule has 4 heteroatoms. The molecule has 84 valence electrons. The fourth-order valence-electron chi connectivity index (χ4n) is 0.750. The van der Waals surface area contributed by atoms with E-state index in [4.69, 9.17) is 9.57 Å². The molecule has 0 aliphatic carbocycles. The van der Waals surface area contributed by atoms with Crippen LogP contribution in [0.2, 0.25) is 0 Å². The molecule has 0 heterocycles. The summed E-state index contributed by atoms with van der Waals surface area (Å²) in [6.45, 7) is 7.32. The molecule has 0 radical (unpaired) electrons. The Bertz CT molecular complexity index is 170. The van der Waals surface area contributed by atoms with Crippen molar-refractivity contribution in [3.05, 3.63) is 0 Å². The molecule has 0 aliphatic heterocycles. The first-order valence-corrected chi connectivity index (χ1v) is 4.94. The molecular weight excluding hydrogens is 180 g/mol. The van der Waals surface area contributed by atoms with Crippen LogP contribution in [0.5, 0.6) is 0 Å². The van der Waals surface area contributed by atoms with Gasteiger partial charge >= 0.3 is 0 Å². The summed E-state index contributed by atoms with van der Waals surface area (Å²) in [5.41, 5.74) is 1.01. The minimum Gasteiger partial charge on any atom is -0.394 e. The topological polar surface area (TPSA) is 42.8 Å². The largest absolute Gasteiger partial charge is 0.394 e. The van der Waals surface area contributed by atoms with Crippen molar-refractivity contribution in [1.29, 1.82) is 0 Å². The molecule has 0 aromatic rings. The van der Waals surface area contributed by atoms with E-state index in [0.717, 1.165) is 5.71 Å². The molecule has 0 saturated carbocycles. The number of methoxy groups -OCH3 is 1. The highest BCUT2D eigenvalue weighted by molar-refractivity contribution is 5.83. The lowest BCUT2D eigenvalue weighted by atomic mass is 10.1. The van der Waals surface area contributed by atoms with Crippen molar-refractivity contribution in [2.75, 3.05) is 27.4 Å². The summed E-state index contributed by atoms with van der Waals surface area (Å²) in [7, 11) is 3.55. The van der Waals surface area contributed by atoms with E-state index in [1.165, 1.54) is 0 Å². The maximum Gasteiger partial charge on any atom is 0.134 e. The third kappa shape index (κ3) is 5.94. The Morgan fingerprint density at radius 2 is 2.00 bits per heavy atom. The molecule has 0 spiro atoms. The summed E-state index contributed by atoms with van der Waals surface area (Å²) in [5, 5.41) is 7.10. The van der Waals surface area contributed by atoms with Gasteiger partial charge in [0.25, 0.3) is 0 Å². The van der Waals surface area contributed by atoms with Gasteiger partial charge in [-0.1, -0.05) is 19.0 Å². The average Bonchev–Trinajstić information content (AvgIpc) is 2.16. The van der Waals surface area contributed by atoms with Crippen LogP contribution in [-0.4, -0.2) is 39.1 Å². The predicted molar refractivity (Wildman–Crippen MR) is 58.6 cm³/mol. The second-order valence-corrected chi connectivity index (χ2v) is 3.62. The lowest BCUT2D eigenvalue weighted by Gasteiger charge is -2.13. The Hall–Kier alpha value is -0.610. The first-order valence-electron chi connectivity index (χ1n) is 4.94. The monoisotopic (exact) mass is 202 g/mol. The summed E-state index contributed by atoms with van der Waals surface area (Å²) in [4.78, 5) is 5.21. The molecule has 0 amide bonds. The van der Waals surface area contributed by atoms with Crippen LogP contribution in [0.15, 0.2) is 5.16 Å². The van der Waals surface area contributed by atoms with E-state index < -0.39 is 0 Å². The number of oxime groups is 1. The predicted octanol–water partition coefficient (Wildman–Crippen LogP) is 1.27. The lowest BCUT2D eigenvalue weighted by Crippen LogP contribution is -2.34. The molecule has 14 heavy (non-hydrogen) atoms. The van der Waals surface area contributed by atoms with E-state index in [1.54, 1.807) is 7.11 Å². The van der Waals surface area contributed by atoms with Crippen LogP contribution in [0.4, 0.5) is 0 Å². The number of hydrogen-bond donors (Lipinski definition) is 1. The van der Waals surface area contributed by atoms with Crippen molar-refractivity contribution < 1.29 is 9.57 Å². The molecule has 4 nitrogen and oxygen atoms in total. The van der Waals surface area contributed by atoms with Gasteiger partial charge in [-0.25, -0.2) is 0 Å². The Morgan fingerprint density at radius 1 is 1.36 bits per heavy atom. The average molecular weight is 202 g/mol. The second-order valence-electron chi connectivity index (χ2n) is 3.62. The van der Waals surface area contributed by atoms with Crippen LogP contribution in [0, 0.1) is 5.92 Å². The number of hydrogen-bond acceptors (Lipinski definition) is 4. The molecule has 1 atom stereocenters. The van der Waals surface area contributed by atoms with Crippen molar-refractivity contribution in [2.45, 2.75) is 26.8 Å². The quantitative estimate of drug-likeness (QED) is 0.499. The highest BCUT2D eigenvalue weighted by atomic mass is 16.6. The fourth-order valence-corrected chi connectivity index (χ4v) is 0.750. The van der Waals surface area contributed by atoms with Crippen LogP contribution < -0.4 is 5.32 Å². The van der Waals surface area contributed by atoms with E-state index in [0.29, 0.717) is 19.1 Å². The number of nitrogens with one attached hydrogen (secondary N) is 1. The standard InChI is InChI=1S/C10H22N2O2/c1-8(2)9(3)12-14-7-10(11-4)6-13-5/h8,10-11H,6-7H2,1-5H3/b12-9+/t10-/m1/s1. The summed E-state index contributed by atoms with van der Waals surface area (Å²) in [6, 6.07) is 0.198. The van der Waals surface area contributed by atoms with Crippen molar-refractivity contribution in [1.82, 2.24) is 5.32 Å². The van der Waals surface area contributed by atoms with Gasteiger partial charge in [0.1, 0.15) is 6.61 Å². The molecule has 0 fully saturated rings. The summed E-state index contributed by atoms with van der Waals surface area (Å²) < 4.78 is 5.01. The minimum absolute atomic E-state index is 0.198. The third-order valence-electron chi connectivity index (χ3n) is 2.10. The minimum atomic E-state index is 0.198. The molecule has 1 N–H and O–H groups in total. The van der Waals surface area contributed by atoms with Gasteiger partial charge in [-0.15, -0.1) is 0 Å². The second kappa shape index (κ2) is 7.76. The van der Waals surface area contributed by atoms with Gasteiger partial charge in [-0.05, 0) is 19.9 Å². The molecule has 0 rings (SSSR count). The molecule has 0 saturated heterocycles. The van der Waals surface area contributed by atoms with Gasteiger partial charge in [0, 0.05) is 7.11 Å². The molecule has 0 aromatic carbocycles. The van der Waals surface area contributed by atoms with Gasteiger partial charge in [-0.2, -0.15) is 0 Å². The SMILES string of the molecule is CN[C@H](COC)CO/N=C(\C)C(C)C. The van der Waals surface area contributed by atoms with E-state index in [1.807, 2.05) is 14.0 Å². The number of likely N-dealkylation sites (N-methyl/N-ethyl adjacent to an activating group) is 1. The van der Waals surface area contributed by atoms with E-state index in [2.05, 4.69) is 24.3 Å². The lowest BCUT2D eigenvalue weighted by molar-refractivity contribution is 0.0806. The molecule has 0 aliphatic rings. The Kier molecular flexibility index (Phi) is 7.42. The normalized spacial score (nSPS) is 14.6. The molecule has 0 bridgehead atoms. The fraction of sp³-hybridized carbons (Fsp3) is 0.900. The molecule has 0 unspecified atom stereocenters. The Morgan fingerprint density at radius 3 is 2.43 bits per heavy atom. The Labute approximate surface area is 86.7 Å². The molecule has 0 aromatic heterocycles. The van der Waals surface area contributed by atoms with Gasteiger partial charge in [-0.3, -0.25) is 0 Å². The first-order chi connectivity index (χ1) is 6.61. The van der Waals surface area contributed by atoms with Crippen LogP contribution in [-0.2, 0) is 9.57 Å². The zero-order valence-corrected chi connectivity index (χ0v) is 9.83. The smallest absolute Gasteiger partial charge is 0.134 e. The third-order valence-corrected chi connectivity index (χ3v) is 2.10. The van der Waals surface area contributed by atoms with Gasteiger partial charge < -0.3 is 14.9 Å². The number of rotatable bonds is 7. The summed E-state index contributed by atoms with van der Waals surface area (Å²) in [5.74, 6) is 0.436. The first kappa shape index (κ1) is 13.4. The van der Waals surface area contributed by atoms with Crippen LogP contribution in [0.1, 0.15) is 20.8 Å². The summed E-state index contributed by atoms with van der Waals surface area (Å²) >= 11 is 0. The van der Waals surface area contributed by atoms with E-state index in [-0.39, 0.29) is 6.04 Å². The highest BCUT2D eigenvalue weighted by Gasteiger charge is 2.05. The van der Waals surface area contributed by atoms with Gasteiger partial charge in [0.2, 0.25) is 0 Å². The van der Waals surface area contributed by atoms with Crippen molar-refractivity contribution in [3.8, 4) is 0 Å². The number of nitrogens with zero attached hydrogens (tertiary/aromatic N) is 1. The highest BCUT2D eigenvalue weighted by Crippen LogP contribution is 1.97. The van der Waals surface area contributed by atoms with Gasteiger partial charge in [0.15, 0.2) is 0 Å².